The molecule has 1 fully saturated rings. The number of nitrogens with zero attached hydrogens (tertiary/aromatic N) is 3. The van der Waals surface area contributed by atoms with E-state index in [-0.39, 0.29) is 42.7 Å². The van der Waals surface area contributed by atoms with Crippen LogP contribution in [0.5, 0.6) is 5.75 Å². The zero-order valence-electron chi connectivity index (χ0n) is 18.6. The SMILES string of the molecule is CC(C)C(=O)OC[C@H]1O[C@@H](n2c(NC(=O)COc3ccccc3)nc3c(=O)[nH]cnc32)C[C@@H]1O. The second-order valence-corrected chi connectivity index (χ2v) is 8.08. The Hall–Kier alpha value is -3.77. The number of H-pyrrole nitrogens is 1. The number of esters is 1. The Kier molecular flexibility index (Phi) is 6.89. The van der Waals surface area contributed by atoms with Crippen LogP contribution in [0.1, 0.15) is 26.5 Å². The molecule has 1 aliphatic rings. The maximum Gasteiger partial charge on any atom is 0.308 e. The number of hydrogen-bond donors (Lipinski definition) is 3. The molecule has 12 heteroatoms. The third kappa shape index (κ3) is 5.07. The van der Waals surface area contributed by atoms with Crippen LogP contribution < -0.4 is 15.6 Å². The summed E-state index contributed by atoms with van der Waals surface area (Å²) >= 11 is 0. The average molecular weight is 471 g/mol. The van der Waals surface area contributed by atoms with Crippen LogP contribution in [0.15, 0.2) is 41.5 Å². The topological polar surface area (TPSA) is 158 Å². The predicted octanol–water partition coefficient (Wildman–Crippen LogP) is 0.985. The van der Waals surface area contributed by atoms with Crippen LogP contribution >= 0.6 is 0 Å². The standard InChI is InChI=1S/C22H25N5O7/c1-12(2)21(31)33-9-15-14(28)8-17(34-15)27-19-18(20(30)24-11-23-19)26-22(27)25-16(29)10-32-13-6-4-3-5-7-13/h3-7,11-12,14-15,17,28H,8-10H2,1-2H3,(H,23,24,30)(H,25,26,29)/t14-,15+,17+/m0/s1. The van der Waals surface area contributed by atoms with E-state index < -0.39 is 35.9 Å². The summed E-state index contributed by atoms with van der Waals surface area (Å²) in [6, 6.07) is 8.81. The van der Waals surface area contributed by atoms with Gasteiger partial charge < -0.3 is 24.3 Å². The fraction of sp³-hybridized carbons (Fsp3) is 0.409. The Bertz CT molecular complexity index is 1220. The first kappa shape index (κ1) is 23.4. The first-order valence-electron chi connectivity index (χ1n) is 10.8. The molecule has 3 heterocycles. The smallest absolute Gasteiger partial charge is 0.308 e. The molecule has 34 heavy (non-hydrogen) atoms. The van der Waals surface area contributed by atoms with E-state index in [1.807, 2.05) is 6.07 Å². The molecule has 0 unspecified atom stereocenters. The van der Waals surface area contributed by atoms with Gasteiger partial charge in [0, 0.05) is 6.42 Å². The monoisotopic (exact) mass is 471 g/mol. The van der Waals surface area contributed by atoms with E-state index in [4.69, 9.17) is 14.2 Å². The molecule has 0 spiro atoms. The first-order valence-corrected chi connectivity index (χ1v) is 10.8. The van der Waals surface area contributed by atoms with E-state index in [0.717, 1.165) is 0 Å². The highest BCUT2D eigenvalue weighted by Crippen LogP contribution is 2.33. The van der Waals surface area contributed by atoms with Gasteiger partial charge in [0.25, 0.3) is 11.5 Å². The number of benzene rings is 1. The summed E-state index contributed by atoms with van der Waals surface area (Å²) in [4.78, 5) is 47.4. The number of fused-ring (bicyclic) bond motifs is 1. The number of nitrogens with one attached hydrogen (secondary N) is 2. The van der Waals surface area contributed by atoms with Crippen molar-refractivity contribution in [2.24, 2.45) is 5.92 Å². The van der Waals surface area contributed by atoms with Crippen molar-refractivity contribution < 1.29 is 28.9 Å². The summed E-state index contributed by atoms with van der Waals surface area (Å²) in [6.45, 7) is 2.98. The minimum Gasteiger partial charge on any atom is -0.484 e. The van der Waals surface area contributed by atoms with Gasteiger partial charge in [0.2, 0.25) is 5.95 Å². The molecule has 2 aromatic heterocycles. The number of hydrogen-bond acceptors (Lipinski definition) is 9. The fourth-order valence-electron chi connectivity index (χ4n) is 3.46. The molecule has 0 aliphatic carbocycles. The van der Waals surface area contributed by atoms with Crippen molar-refractivity contribution in [3.8, 4) is 5.75 Å². The number of aromatic nitrogens is 4. The summed E-state index contributed by atoms with van der Waals surface area (Å²) in [7, 11) is 0. The van der Waals surface area contributed by atoms with E-state index in [9.17, 15) is 19.5 Å². The number of ether oxygens (including phenoxy) is 3. The van der Waals surface area contributed by atoms with Crippen LogP contribution in [0.4, 0.5) is 5.95 Å². The van der Waals surface area contributed by atoms with Crippen LogP contribution in [-0.4, -0.2) is 61.9 Å². The molecule has 0 radical (unpaired) electrons. The highest BCUT2D eigenvalue weighted by molar-refractivity contribution is 5.92. The Labute approximate surface area is 193 Å². The third-order valence-corrected chi connectivity index (χ3v) is 5.20. The second-order valence-electron chi connectivity index (χ2n) is 8.08. The summed E-state index contributed by atoms with van der Waals surface area (Å²) in [6.07, 6.45) is -1.25. The summed E-state index contributed by atoms with van der Waals surface area (Å²) in [5.41, 5.74) is -0.338. The number of imidazole rings is 1. The maximum atomic E-state index is 12.5. The molecule has 3 N–H and O–H groups in total. The lowest BCUT2D eigenvalue weighted by molar-refractivity contribution is -0.153. The van der Waals surface area contributed by atoms with Gasteiger partial charge in [0.05, 0.1) is 18.3 Å². The van der Waals surface area contributed by atoms with E-state index in [1.54, 1.807) is 38.1 Å². The average Bonchev–Trinajstić information content (AvgIpc) is 3.37. The zero-order chi connectivity index (χ0) is 24.2. The van der Waals surface area contributed by atoms with Crippen molar-refractivity contribution in [2.45, 2.75) is 38.7 Å². The summed E-state index contributed by atoms with van der Waals surface area (Å²) in [5.74, 6) is -0.712. The van der Waals surface area contributed by atoms with Crippen molar-refractivity contribution in [3.63, 3.8) is 0 Å². The third-order valence-electron chi connectivity index (χ3n) is 5.20. The molecule has 1 amide bonds. The normalized spacial score (nSPS) is 19.9. The van der Waals surface area contributed by atoms with E-state index in [2.05, 4.69) is 20.3 Å². The van der Waals surface area contributed by atoms with Crippen LogP contribution in [0.3, 0.4) is 0 Å². The fourth-order valence-corrected chi connectivity index (χ4v) is 3.46. The van der Waals surface area contributed by atoms with Crippen molar-refractivity contribution in [2.75, 3.05) is 18.5 Å². The molecule has 1 saturated heterocycles. The molecular weight excluding hydrogens is 446 g/mol. The van der Waals surface area contributed by atoms with Gasteiger partial charge in [0.15, 0.2) is 17.8 Å². The van der Waals surface area contributed by atoms with Gasteiger partial charge in [-0.2, -0.15) is 0 Å². The number of aliphatic hydroxyl groups excluding tert-OH is 1. The highest BCUT2D eigenvalue weighted by atomic mass is 16.6. The number of aromatic amines is 1. The summed E-state index contributed by atoms with van der Waals surface area (Å²) < 4.78 is 18.0. The van der Waals surface area contributed by atoms with Crippen LogP contribution in [0, 0.1) is 5.92 Å². The van der Waals surface area contributed by atoms with Gasteiger partial charge in [-0.3, -0.25) is 24.3 Å². The quantitative estimate of drug-likeness (QED) is 0.407. The molecule has 180 valence electrons. The van der Waals surface area contributed by atoms with Gasteiger partial charge in [0.1, 0.15) is 24.7 Å². The van der Waals surface area contributed by atoms with Crippen LogP contribution in [0.25, 0.3) is 11.2 Å². The lowest BCUT2D eigenvalue weighted by atomic mass is 10.2. The van der Waals surface area contributed by atoms with Gasteiger partial charge in [-0.1, -0.05) is 32.0 Å². The molecule has 3 atom stereocenters. The zero-order valence-corrected chi connectivity index (χ0v) is 18.6. The number of aliphatic hydroxyl groups is 1. The molecular formula is C22H25N5O7. The Morgan fingerprint density at radius 2 is 2.09 bits per heavy atom. The molecule has 12 nitrogen and oxygen atoms in total. The van der Waals surface area contributed by atoms with Crippen LogP contribution in [-0.2, 0) is 19.1 Å². The minimum absolute atomic E-state index is 0.00504. The summed E-state index contributed by atoms with van der Waals surface area (Å²) in [5, 5.41) is 13.1. The number of carbonyl (C=O) groups is 2. The number of para-hydroxylation sites is 1. The van der Waals surface area contributed by atoms with Gasteiger partial charge >= 0.3 is 5.97 Å². The molecule has 1 aromatic carbocycles. The van der Waals surface area contributed by atoms with Crippen molar-refractivity contribution in [1.82, 2.24) is 19.5 Å². The molecule has 4 rings (SSSR count). The predicted molar refractivity (Wildman–Crippen MR) is 119 cm³/mol. The van der Waals surface area contributed by atoms with Crippen LogP contribution in [0.2, 0.25) is 0 Å². The first-order chi connectivity index (χ1) is 16.3. The van der Waals surface area contributed by atoms with E-state index in [1.165, 1.54) is 10.9 Å². The Morgan fingerprint density at radius 1 is 1.32 bits per heavy atom. The lowest BCUT2D eigenvalue weighted by Gasteiger charge is -2.18. The largest absolute Gasteiger partial charge is 0.484 e. The lowest BCUT2D eigenvalue weighted by Crippen LogP contribution is -2.29. The Morgan fingerprint density at radius 3 is 2.82 bits per heavy atom. The van der Waals surface area contributed by atoms with Crippen molar-refractivity contribution >= 4 is 29.0 Å². The van der Waals surface area contributed by atoms with Crippen molar-refractivity contribution in [1.29, 1.82) is 0 Å². The second kappa shape index (κ2) is 10.0. The van der Waals surface area contributed by atoms with E-state index in [0.29, 0.717) is 5.75 Å². The maximum absolute atomic E-state index is 12.5. The number of amides is 1. The highest BCUT2D eigenvalue weighted by Gasteiger charge is 2.38. The number of anilines is 1. The molecule has 3 aromatic rings. The van der Waals surface area contributed by atoms with Gasteiger partial charge in [-0.15, -0.1) is 0 Å². The minimum atomic E-state index is -0.950. The van der Waals surface area contributed by atoms with E-state index >= 15 is 0 Å². The molecule has 1 aliphatic heterocycles. The number of rotatable bonds is 8. The van der Waals surface area contributed by atoms with Crippen molar-refractivity contribution in [3.05, 3.63) is 47.0 Å². The number of carbonyl (C=O) groups excluding carboxylic acids is 2. The van der Waals surface area contributed by atoms with Gasteiger partial charge in [-0.05, 0) is 12.1 Å². The van der Waals surface area contributed by atoms with Gasteiger partial charge in [-0.25, -0.2) is 9.97 Å². The molecule has 0 saturated carbocycles. The molecule has 0 bridgehead atoms. The Balaban J connectivity index is 1.54.